The van der Waals surface area contributed by atoms with Gasteiger partial charge in [-0.05, 0) is 43.5 Å². The largest absolute Gasteiger partial charge is 0.481 e. The van der Waals surface area contributed by atoms with E-state index in [-0.39, 0.29) is 12.6 Å². The van der Waals surface area contributed by atoms with Crippen LogP contribution < -0.4 is 5.32 Å². The van der Waals surface area contributed by atoms with Crippen molar-refractivity contribution in [2.75, 3.05) is 18.4 Å². The van der Waals surface area contributed by atoms with Gasteiger partial charge < -0.3 is 15.3 Å². The normalized spacial score (nSPS) is 17.1. The van der Waals surface area contributed by atoms with Crippen LogP contribution in [0.5, 0.6) is 0 Å². The van der Waals surface area contributed by atoms with Gasteiger partial charge in [0.2, 0.25) is 0 Å². The van der Waals surface area contributed by atoms with Crippen molar-refractivity contribution in [3.8, 4) is 5.69 Å². The molecule has 1 unspecified atom stereocenters. The molecule has 1 atom stereocenters. The summed E-state index contributed by atoms with van der Waals surface area (Å²) in [4.78, 5) is 25.1. The number of hydrogen-bond donors (Lipinski definition) is 2. The maximum Gasteiger partial charge on any atom is 0.321 e. The van der Waals surface area contributed by atoms with Gasteiger partial charge in [-0.15, -0.1) is 0 Å². The highest BCUT2D eigenvalue weighted by atomic mass is 16.4. The Labute approximate surface area is 139 Å². The molecule has 1 aromatic heterocycles. The zero-order valence-corrected chi connectivity index (χ0v) is 13.7. The molecule has 24 heavy (non-hydrogen) atoms. The number of benzene rings is 1. The van der Waals surface area contributed by atoms with Crippen molar-refractivity contribution in [2.24, 2.45) is 5.92 Å². The first kappa shape index (κ1) is 16.0. The zero-order valence-electron chi connectivity index (χ0n) is 13.7. The zero-order chi connectivity index (χ0) is 17.3. The Kier molecular flexibility index (Phi) is 4.24. The van der Waals surface area contributed by atoms with E-state index in [9.17, 15) is 9.59 Å². The summed E-state index contributed by atoms with van der Waals surface area (Å²) in [6.45, 7) is 4.59. The number of anilines is 1. The van der Waals surface area contributed by atoms with Gasteiger partial charge in [0.05, 0.1) is 23.5 Å². The van der Waals surface area contributed by atoms with Crippen LogP contribution in [-0.2, 0) is 4.79 Å². The van der Waals surface area contributed by atoms with Gasteiger partial charge in [0.25, 0.3) is 0 Å². The Bertz CT molecular complexity index is 784. The minimum atomic E-state index is -0.853. The average molecular weight is 328 g/mol. The van der Waals surface area contributed by atoms with Crippen molar-refractivity contribution >= 4 is 17.7 Å². The van der Waals surface area contributed by atoms with Crippen LogP contribution in [0.1, 0.15) is 17.5 Å². The first-order valence-electron chi connectivity index (χ1n) is 7.85. The summed E-state index contributed by atoms with van der Waals surface area (Å²) in [7, 11) is 0. The molecule has 2 amide bonds. The van der Waals surface area contributed by atoms with Crippen molar-refractivity contribution in [3.05, 3.63) is 41.7 Å². The molecular formula is C17H20N4O3. The predicted molar refractivity (Wildman–Crippen MR) is 89.4 cm³/mol. The third kappa shape index (κ3) is 3.24. The fraction of sp³-hybridized carbons (Fsp3) is 0.353. The van der Waals surface area contributed by atoms with Crippen molar-refractivity contribution < 1.29 is 14.7 Å². The van der Waals surface area contributed by atoms with Crippen LogP contribution in [0.25, 0.3) is 5.69 Å². The average Bonchev–Trinajstić information content (AvgIpc) is 3.16. The summed E-state index contributed by atoms with van der Waals surface area (Å²) in [5, 5.41) is 16.2. The van der Waals surface area contributed by atoms with Crippen LogP contribution in [-0.4, -0.2) is 44.9 Å². The maximum atomic E-state index is 12.5. The third-order valence-corrected chi connectivity index (χ3v) is 4.18. The minimum Gasteiger partial charge on any atom is -0.481 e. The number of aryl methyl sites for hydroxylation is 2. The predicted octanol–water partition coefficient (Wildman–Crippen LogP) is 2.43. The molecule has 3 rings (SSSR count). The molecule has 2 N–H and O–H groups in total. The number of rotatable bonds is 3. The van der Waals surface area contributed by atoms with E-state index in [1.54, 1.807) is 15.8 Å². The fourth-order valence-electron chi connectivity index (χ4n) is 2.83. The van der Waals surface area contributed by atoms with Crippen LogP contribution in [0.15, 0.2) is 30.6 Å². The second-order valence-corrected chi connectivity index (χ2v) is 6.18. The highest BCUT2D eigenvalue weighted by Crippen LogP contribution is 2.24. The number of aliphatic carboxylic acids is 1. The number of amides is 2. The standard InChI is InChI=1S/C17H20N4O3/c1-11-3-4-15(21-9-12(2)8-18-21)14(7-11)19-17(24)20-6-5-13(10-20)16(22)23/h3-4,7-9,13H,5-6,10H2,1-2H3,(H,19,24)(H,22,23). The van der Waals surface area contributed by atoms with E-state index < -0.39 is 11.9 Å². The monoisotopic (exact) mass is 328 g/mol. The lowest BCUT2D eigenvalue weighted by Gasteiger charge is -2.19. The van der Waals surface area contributed by atoms with Crippen LogP contribution in [0.4, 0.5) is 10.5 Å². The lowest BCUT2D eigenvalue weighted by molar-refractivity contribution is -0.141. The second-order valence-electron chi connectivity index (χ2n) is 6.18. The van der Waals surface area contributed by atoms with Gasteiger partial charge in [0.15, 0.2) is 0 Å². The Balaban J connectivity index is 1.81. The molecule has 126 valence electrons. The van der Waals surface area contributed by atoms with Crippen molar-refractivity contribution in [3.63, 3.8) is 0 Å². The lowest BCUT2D eigenvalue weighted by Crippen LogP contribution is -2.34. The van der Waals surface area contributed by atoms with E-state index >= 15 is 0 Å². The molecule has 7 nitrogen and oxygen atoms in total. The van der Waals surface area contributed by atoms with E-state index in [1.807, 2.05) is 38.2 Å². The SMILES string of the molecule is Cc1ccc(-n2cc(C)cn2)c(NC(=O)N2CCC(C(=O)O)C2)c1. The first-order chi connectivity index (χ1) is 11.4. The van der Waals surface area contributed by atoms with Crippen molar-refractivity contribution in [2.45, 2.75) is 20.3 Å². The van der Waals surface area contributed by atoms with E-state index in [2.05, 4.69) is 10.4 Å². The Morgan fingerprint density at radius 1 is 1.29 bits per heavy atom. The molecule has 2 heterocycles. The summed E-state index contributed by atoms with van der Waals surface area (Å²) >= 11 is 0. The number of nitrogens with one attached hydrogen (secondary N) is 1. The van der Waals surface area contributed by atoms with E-state index in [1.165, 1.54) is 0 Å². The van der Waals surface area contributed by atoms with E-state index in [0.717, 1.165) is 16.8 Å². The quantitative estimate of drug-likeness (QED) is 0.906. The highest BCUT2D eigenvalue weighted by molar-refractivity contribution is 5.92. The number of likely N-dealkylation sites (tertiary alicyclic amines) is 1. The summed E-state index contributed by atoms with van der Waals surface area (Å²) in [5.41, 5.74) is 3.47. The van der Waals surface area contributed by atoms with Gasteiger partial charge in [-0.3, -0.25) is 4.79 Å². The highest BCUT2D eigenvalue weighted by Gasteiger charge is 2.31. The molecule has 0 bridgehead atoms. The van der Waals surface area contributed by atoms with Gasteiger partial charge >= 0.3 is 12.0 Å². The fourth-order valence-corrected chi connectivity index (χ4v) is 2.83. The molecule has 0 saturated carbocycles. The molecule has 0 radical (unpaired) electrons. The minimum absolute atomic E-state index is 0.239. The maximum absolute atomic E-state index is 12.5. The Hall–Kier alpha value is -2.83. The molecular weight excluding hydrogens is 308 g/mol. The third-order valence-electron chi connectivity index (χ3n) is 4.18. The smallest absolute Gasteiger partial charge is 0.321 e. The lowest BCUT2D eigenvalue weighted by atomic mass is 10.1. The number of carboxylic acids is 1. The van der Waals surface area contributed by atoms with Crippen molar-refractivity contribution in [1.29, 1.82) is 0 Å². The molecule has 1 aliphatic rings. The molecule has 1 aliphatic heterocycles. The second kappa shape index (κ2) is 6.35. The summed E-state index contributed by atoms with van der Waals surface area (Å²) in [5.74, 6) is -1.34. The van der Waals surface area contributed by atoms with E-state index in [4.69, 9.17) is 5.11 Å². The molecule has 0 aliphatic carbocycles. The molecule has 2 aromatic rings. The number of carboxylic acid groups (broad SMARTS) is 1. The topological polar surface area (TPSA) is 87.5 Å². The Morgan fingerprint density at radius 3 is 2.71 bits per heavy atom. The summed E-state index contributed by atoms with van der Waals surface area (Å²) in [6.07, 6.45) is 4.13. The van der Waals surface area contributed by atoms with Crippen molar-refractivity contribution in [1.82, 2.24) is 14.7 Å². The van der Waals surface area contributed by atoms with Gasteiger partial charge in [-0.25, -0.2) is 9.48 Å². The first-order valence-corrected chi connectivity index (χ1v) is 7.85. The summed E-state index contributed by atoms with van der Waals surface area (Å²) in [6, 6.07) is 5.46. The number of urea groups is 1. The van der Waals surface area contributed by atoms with Crippen LogP contribution >= 0.6 is 0 Å². The molecule has 0 spiro atoms. The van der Waals surface area contributed by atoms with Gasteiger partial charge in [0.1, 0.15) is 0 Å². The van der Waals surface area contributed by atoms with E-state index in [0.29, 0.717) is 18.7 Å². The van der Waals surface area contributed by atoms with Gasteiger partial charge in [-0.2, -0.15) is 5.10 Å². The van der Waals surface area contributed by atoms with Crippen LogP contribution in [0.2, 0.25) is 0 Å². The molecule has 7 heteroatoms. The number of nitrogens with zero attached hydrogens (tertiary/aromatic N) is 3. The molecule has 1 saturated heterocycles. The number of aromatic nitrogens is 2. The number of carbonyl (C=O) groups is 2. The Morgan fingerprint density at radius 2 is 2.08 bits per heavy atom. The van der Waals surface area contributed by atoms with Crippen LogP contribution in [0.3, 0.4) is 0 Å². The number of carbonyl (C=O) groups excluding carboxylic acids is 1. The summed E-state index contributed by atoms with van der Waals surface area (Å²) < 4.78 is 1.72. The van der Waals surface area contributed by atoms with Gasteiger partial charge in [0, 0.05) is 19.3 Å². The molecule has 1 aromatic carbocycles. The van der Waals surface area contributed by atoms with Gasteiger partial charge in [-0.1, -0.05) is 6.07 Å². The number of hydrogen-bond acceptors (Lipinski definition) is 3. The van der Waals surface area contributed by atoms with Crippen LogP contribution in [0, 0.1) is 19.8 Å². The molecule has 1 fully saturated rings.